The summed E-state index contributed by atoms with van der Waals surface area (Å²) in [7, 11) is 1.34. The molecule has 0 spiro atoms. The molecule has 0 radical (unpaired) electrons. The van der Waals surface area contributed by atoms with Gasteiger partial charge in [0, 0.05) is 6.54 Å². The third-order valence-corrected chi connectivity index (χ3v) is 3.86. The Labute approximate surface area is 109 Å². The second-order valence-electron chi connectivity index (χ2n) is 5.26. The minimum absolute atomic E-state index is 0.407. The molecule has 18 heavy (non-hydrogen) atoms. The number of methoxy groups -OCH3 is 1. The van der Waals surface area contributed by atoms with Gasteiger partial charge >= 0.3 is 5.97 Å². The summed E-state index contributed by atoms with van der Waals surface area (Å²) in [6.45, 7) is 6.67. The Balaban J connectivity index is 2.59. The fourth-order valence-corrected chi connectivity index (χ4v) is 2.57. The third kappa shape index (κ3) is 3.82. The summed E-state index contributed by atoms with van der Waals surface area (Å²) in [6, 6.07) is -0.642. The predicted molar refractivity (Wildman–Crippen MR) is 71.1 cm³/mol. The van der Waals surface area contributed by atoms with E-state index < -0.39 is 18.1 Å². The molecule has 1 rings (SSSR count). The Hall–Kier alpha value is -0.870. The molecule has 1 aliphatic carbocycles. The van der Waals surface area contributed by atoms with Gasteiger partial charge in [-0.25, -0.2) is 0 Å². The van der Waals surface area contributed by atoms with Crippen LogP contribution in [0, 0.1) is 11.8 Å². The SMILES string of the molecule is COC(=O)[C@H](NC[C@@H]1C(C)=CCC[C@H]1C)[C@H](C)O. The number of nitrogens with one attached hydrogen (secondary N) is 1. The number of aliphatic hydroxyl groups excluding tert-OH is 1. The van der Waals surface area contributed by atoms with Gasteiger partial charge in [-0.05, 0) is 38.5 Å². The molecule has 2 N–H and O–H groups in total. The van der Waals surface area contributed by atoms with E-state index in [2.05, 4.69) is 25.2 Å². The van der Waals surface area contributed by atoms with Gasteiger partial charge in [-0.3, -0.25) is 4.79 Å². The second-order valence-corrected chi connectivity index (χ2v) is 5.26. The van der Waals surface area contributed by atoms with Crippen LogP contribution in [0.1, 0.15) is 33.6 Å². The molecule has 4 nitrogen and oxygen atoms in total. The zero-order chi connectivity index (χ0) is 13.7. The topological polar surface area (TPSA) is 58.6 Å². The highest BCUT2D eigenvalue weighted by atomic mass is 16.5. The fourth-order valence-electron chi connectivity index (χ4n) is 2.57. The van der Waals surface area contributed by atoms with E-state index in [1.54, 1.807) is 6.92 Å². The molecule has 0 amide bonds. The summed E-state index contributed by atoms with van der Waals surface area (Å²) < 4.78 is 4.69. The molecule has 0 heterocycles. The minimum atomic E-state index is -0.749. The van der Waals surface area contributed by atoms with E-state index in [4.69, 9.17) is 4.74 Å². The van der Waals surface area contributed by atoms with Gasteiger partial charge in [-0.1, -0.05) is 18.6 Å². The zero-order valence-corrected chi connectivity index (χ0v) is 11.8. The Bertz CT molecular complexity index is 312. The number of hydrogen-bond donors (Lipinski definition) is 2. The van der Waals surface area contributed by atoms with Crippen molar-refractivity contribution in [2.24, 2.45) is 11.8 Å². The fraction of sp³-hybridized carbons (Fsp3) is 0.786. The van der Waals surface area contributed by atoms with Crippen LogP contribution in [-0.2, 0) is 9.53 Å². The van der Waals surface area contributed by atoms with Gasteiger partial charge in [0.15, 0.2) is 0 Å². The third-order valence-electron chi connectivity index (χ3n) is 3.86. The molecule has 0 unspecified atom stereocenters. The Morgan fingerprint density at radius 2 is 2.33 bits per heavy atom. The van der Waals surface area contributed by atoms with Crippen molar-refractivity contribution in [1.82, 2.24) is 5.32 Å². The number of esters is 1. The summed E-state index contributed by atoms with van der Waals surface area (Å²) in [4.78, 5) is 11.5. The Kier molecular flexibility index (Phi) is 5.82. The standard InChI is InChI=1S/C14H25NO3/c1-9-6-5-7-10(2)12(9)8-15-13(11(3)16)14(17)18-4/h6,10-13,15-16H,5,7-8H2,1-4H3/t10-,11+,12-,13-/m1/s1. The summed E-state index contributed by atoms with van der Waals surface area (Å²) in [5, 5.41) is 12.7. The van der Waals surface area contributed by atoms with E-state index in [-0.39, 0.29) is 0 Å². The van der Waals surface area contributed by atoms with Crippen LogP contribution in [0.4, 0.5) is 0 Å². The molecule has 104 valence electrons. The molecule has 0 saturated heterocycles. The van der Waals surface area contributed by atoms with E-state index >= 15 is 0 Å². The number of aliphatic hydroxyl groups is 1. The zero-order valence-electron chi connectivity index (χ0n) is 11.8. The Morgan fingerprint density at radius 3 is 2.83 bits per heavy atom. The molecule has 0 aromatic carbocycles. The van der Waals surface area contributed by atoms with Crippen LogP contribution in [0.15, 0.2) is 11.6 Å². The van der Waals surface area contributed by atoms with Crippen LogP contribution in [0.2, 0.25) is 0 Å². The van der Waals surface area contributed by atoms with Crippen molar-refractivity contribution in [3.63, 3.8) is 0 Å². The van der Waals surface area contributed by atoms with E-state index in [0.717, 1.165) is 6.42 Å². The van der Waals surface area contributed by atoms with E-state index in [0.29, 0.717) is 18.4 Å². The van der Waals surface area contributed by atoms with Crippen LogP contribution >= 0.6 is 0 Å². The van der Waals surface area contributed by atoms with Gasteiger partial charge in [0.1, 0.15) is 6.04 Å². The van der Waals surface area contributed by atoms with Gasteiger partial charge in [-0.2, -0.15) is 0 Å². The highest BCUT2D eigenvalue weighted by Gasteiger charge is 2.27. The van der Waals surface area contributed by atoms with Crippen LogP contribution in [0.3, 0.4) is 0 Å². The largest absolute Gasteiger partial charge is 0.468 e. The lowest BCUT2D eigenvalue weighted by molar-refractivity contribution is -0.145. The van der Waals surface area contributed by atoms with Crippen LogP contribution < -0.4 is 5.32 Å². The van der Waals surface area contributed by atoms with Gasteiger partial charge < -0.3 is 15.2 Å². The number of hydrogen-bond acceptors (Lipinski definition) is 4. The van der Waals surface area contributed by atoms with Gasteiger partial charge in [-0.15, -0.1) is 0 Å². The van der Waals surface area contributed by atoms with Crippen molar-refractivity contribution < 1.29 is 14.6 Å². The van der Waals surface area contributed by atoms with Crippen LogP contribution in [0.5, 0.6) is 0 Å². The monoisotopic (exact) mass is 255 g/mol. The van der Waals surface area contributed by atoms with Crippen molar-refractivity contribution in [1.29, 1.82) is 0 Å². The van der Waals surface area contributed by atoms with Crippen molar-refractivity contribution >= 4 is 5.97 Å². The van der Waals surface area contributed by atoms with Gasteiger partial charge in [0.25, 0.3) is 0 Å². The average Bonchev–Trinajstić information content (AvgIpc) is 2.31. The van der Waals surface area contributed by atoms with E-state index in [9.17, 15) is 9.90 Å². The maximum absolute atomic E-state index is 11.5. The number of carbonyl (C=O) groups excluding carboxylic acids is 1. The van der Waals surface area contributed by atoms with Crippen molar-refractivity contribution in [2.75, 3.05) is 13.7 Å². The highest BCUT2D eigenvalue weighted by molar-refractivity contribution is 5.76. The molecule has 0 aliphatic heterocycles. The molecule has 4 heteroatoms. The van der Waals surface area contributed by atoms with Gasteiger partial charge in [0.2, 0.25) is 0 Å². The number of rotatable bonds is 5. The van der Waals surface area contributed by atoms with Crippen molar-refractivity contribution in [3.8, 4) is 0 Å². The molecule has 0 aromatic heterocycles. The summed E-state index contributed by atoms with van der Waals surface area (Å²) in [5.74, 6) is 0.634. The summed E-state index contributed by atoms with van der Waals surface area (Å²) in [5.41, 5.74) is 1.37. The first kappa shape index (κ1) is 15.2. The number of allylic oxidation sites excluding steroid dienone is 1. The van der Waals surface area contributed by atoms with E-state index in [1.165, 1.54) is 19.1 Å². The average molecular weight is 255 g/mol. The quantitative estimate of drug-likeness (QED) is 0.577. The molecular formula is C14H25NO3. The number of ether oxygens (including phenoxy) is 1. The molecule has 0 fully saturated rings. The molecule has 4 atom stereocenters. The predicted octanol–water partition coefficient (Wildman–Crippen LogP) is 1.49. The first-order valence-electron chi connectivity index (χ1n) is 6.63. The Morgan fingerprint density at radius 1 is 1.67 bits per heavy atom. The van der Waals surface area contributed by atoms with Gasteiger partial charge in [0.05, 0.1) is 13.2 Å². The lowest BCUT2D eigenvalue weighted by Crippen LogP contribution is -2.48. The smallest absolute Gasteiger partial charge is 0.325 e. The minimum Gasteiger partial charge on any atom is -0.468 e. The van der Waals surface area contributed by atoms with Crippen molar-refractivity contribution in [2.45, 2.75) is 45.8 Å². The van der Waals surface area contributed by atoms with E-state index in [1.807, 2.05) is 0 Å². The summed E-state index contributed by atoms with van der Waals surface area (Å²) >= 11 is 0. The molecule has 1 aliphatic rings. The second kappa shape index (κ2) is 6.90. The summed E-state index contributed by atoms with van der Waals surface area (Å²) in [6.07, 6.45) is 3.84. The molecular weight excluding hydrogens is 230 g/mol. The molecule has 0 saturated carbocycles. The first-order chi connectivity index (χ1) is 8.47. The highest BCUT2D eigenvalue weighted by Crippen LogP contribution is 2.29. The normalized spacial score (nSPS) is 27.3. The van der Waals surface area contributed by atoms with Crippen LogP contribution in [-0.4, -0.2) is 36.9 Å². The lowest BCUT2D eigenvalue weighted by atomic mass is 9.80. The molecule has 0 aromatic rings. The van der Waals surface area contributed by atoms with Crippen LogP contribution in [0.25, 0.3) is 0 Å². The number of carbonyl (C=O) groups is 1. The maximum atomic E-state index is 11.5. The maximum Gasteiger partial charge on any atom is 0.325 e. The lowest BCUT2D eigenvalue weighted by Gasteiger charge is -2.30. The molecule has 0 bridgehead atoms. The van der Waals surface area contributed by atoms with Crippen molar-refractivity contribution in [3.05, 3.63) is 11.6 Å². The first-order valence-corrected chi connectivity index (χ1v) is 6.63.